The van der Waals surface area contributed by atoms with Crippen molar-refractivity contribution in [1.29, 1.82) is 0 Å². The first-order valence-electron chi connectivity index (χ1n) is 9.43. The third kappa shape index (κ3) is 3.23. The van der Waals surface area contributed by atoms with Crippen LogP contribution in [-0.4, -0.2) is 48.4 Å². The number of amides is 4. The second kappa shape index (κ2) is 7.61. The molecule has 1 aromatic rings. The van der Waals surface area contributed by atoms with Gasteiger partial charge in [-0.3, -0.25) is 14.5 Å². The average Bonchev–Trinajstić information content (AvgIpc) is 3.18. The van der Waals surface area contributed by atoms with Crippen LogP contribution in [-0.2, 0) is 31.1 Å². The second-order valence-corrected chi connectivity index (χ2v) is 7.34. The number of hydrogen-bond acceptors (Lipinski definition) is 5. The van der Waals surface area contributed by atoms with E-state index in [1.165, 1.54) is 7.11 Å². The highest BCUT2D eigenvalue weighted by molar-refractivity contribution is 6.10. The summed E-state index contributed by atoms with van der Waals surface area (Å²) in [4.78, 5) is 50.9. The third-order valence-corrected chi connectivity index (χ3v) is 5.71. The van der Waals surface area contributed by atoms with Gasteiger partial charge in [0.05, 0.1) is 7.11 Å². The van der Waals surface area contributed by atoms with Gasteiger partial charge in [0.2, 0.25) is 5.91 Å². The zero-order valence-electron chi connectivity index (χ0n) is 16.3. The van der Waals surface area contributed by atoms with E-state index >= 15 is 0 Å². The molecule has 2 N–H and O–H groups in total. The van der Waals surface area contributed by atoms with Gasteiger partial charge in [0.1, 0.15) is 18.1 Å². The number of carbonyl (C=O) groups is 4. The van der Waals surface area contributed by atoms with Gasteiger partial charge in [-0.15, -0.1) is 0 Å². The molecule has 4 amide bonds. The van der Waals surface area contributed by atoms with Crippen LogP contribution in [0, 0.1) is 5.92 Å². The Balaban J connectivity index is 1.75. The van der Waals surface area contributed by atoms with Crippen molar-refractivity contribution < 1.29 is 23.9 Å². The van der Waals surface area contributed by atoms with Crippen LogP contribution < -0.4 is 10.6 Å². The number of benzene rings is 1. The van der Waals surface area contributed by atoms with Gasteiger partial charge >= 0.3 is 12.0 Å². The Bertz CT molecular complexity index is 824. The lowest BCUT2D eigenvalue weighted by molar-refractivity contribution is -0.146. The highest BCUT2D eigenvalue weighted by atomic mass is 16.5. The predicted octanol–water partition coefficient (Wildman–Crippen LogP) is 1.08. The number of nitrogens with one attached hydrogen (secondary N) is 2. The number of hydrogen-bond donors (Lipinski definition) is 2. The van der Waals surface area contributed by atoms with Gasteiger partial charge in [-0.25, -0.2) is 9.59 Å². The minimum atomic E-state index is -1.10. The van der Waals surface area contributed by atoms with Crippen LogP contribution in [0.1, 0.15) is 37.8 Å². The third-order valence-electron chi connectivity index (χ3n) is 5.71. The minimum absolute atomic E-state index is 0.146. The molecule has 28 heavy (non-hydrogen) atoms. The predicted molar refractivity (Wildman–Crippen MR) is 100 cm³/mol. The van der Waals surface area contributed by atoms with Gasteiger partial charge in [0.25, 0.3) is 5.91 Å². The van der Waals surface area contributed by atoms with Gasteiger partial charge in [-0.2, -0.15) is 0 Å². The summed E-state index contributed by atoms with van der Waals surface area (Å²) in [5, 5.41) is 5.37. The van der Waals surface area contributed by atoms with Crippen LogP contribution in [0.3, 0.4) is 0 Å². The zero-order chi connectivity index (χ0) is 20.5. The Labute approximate surface area is 163 Å². The smallest absolute Gasteiger partial charge is 0.328 e. The Kier molecular flexibility index (Phi) is 5.40. The first kappa shape index (κ1) is 19.9. The Morgan fingerprint density at radius 1 is 1.32 bits per heavy atom. The first-order valence-corrected chi connectivity index (χ1v) is 9.43. The normalized spacial score (nSPS) is 22.6. The summed E-state index contributed by atoms with van der Waals surface area (Å²) in [7, 11) is 1.25. The van der Waals surface area contributed by atoms with Crippen molar-refractivity contribution >= 4 is 23.8 Å². The number of ether oxygens (including phenoxy) is 1. The van der Waals surface area contributed by atoms with Crippen molar-refractivity contribution in [2.24, 2.45) is 5.92 Å². The van der Waals surface area contributed by atoms with Gasteiger partial charge in [0, 0.05) is 0 Å². The summed E-state index contributed by atoms with van der Waals surface area (Å²) in [6.45, 7) is 3.27. The van der Waals surface area contributed by atoms with Crippen molar-refractivity contribution in [1.82, 2.24) is 15.5 Å². The average molecular weight is 387 g/mol. The first-order chi connectivity index (χ1) is 13.3. The van der Waals surface area contributed by atoms with Crippen LogP contribution in [0.15, 0.2) is 24.3 Å². The largest absolute Gasteiger partial charge is 0.467 e. The summed E-state index contributed by atoms with van der Waals surface area (Å²) >= 11 is 0. The van der Waals surface area contributed by atoms with Gasteiger partial charge < -0.3 is 15.4 Å². The molecule has 0 saturated carbocycles. The van der Waals surface area contributed by atoms with Crippen molar-refractivity contribution in [3.63, 3.8) is 0 Å². The SMILES string of the molecule is CCC(C)C(NC(=O)CN1C(=O)NC2(CCc3ccccc32)C1=O)C(=O)OC. The number of nitrogens with zero attached hydrogens (tertiary/aromatic N) is 1. The quantitative estimate of drug-likeness (QED) is 0.561. The fraction of sp³-hybridized carbons (Fsp3) is 0.500. The van der Waals surface area contributed by atoms with E-state index in [1.807, 2.05) is 38.1 Å². The van der Waals surface area contributed by atoms with E-state index in [4.69, 9.17) is 4.74 Å². The van der Waals surface area contributed by atoms with Crippen LogP contribution in [0.5, 0.6) is 0 Å². The molecular weight excluding hydrogens is 362 g/mol. The molecule has 8 nitrogen and oxygen atoms in total. The fourth-order valence-corrected chi connectivity index (χ4v) is 3.89. The Morgan fingerprint density at radius 3 is 2.71 bits per heavy atom. The molecule has 2 aliphatic rings. The summed E-state index contributed by atoms with van der Waals surface area (Å²) in [6.07, 6.45) is 1.80. The fourth-order valence-electron chi connectivity index (χ4n) is 3.89. The van der Waals surface area contributed by atoms with Crippen LogP contribution >= 0.6 is 0 Å². The van der Waals surface area contributed by atoms with Gasteiger partial charge in [0.15, 0.2) is 0 Å². The molecule has 0 radical (unpaired) electrons. The maximum Gasteiger partial charge on any atom is 0.328 e. The number of imide groups is 1. The monoisotopic (exact) mass is 387 g/mol. The zero-order valence-corrected chi connectivity index (χ0v) is 16.3. The summed E-state index contributed by atoms with van der Waals surface area (Å²) < 4.78 is 4.75. The summed E-state index contributed by atoms with van der Waals surface area (Å²) in [6, 6.07) is 6.06. The minimum Gasteiger partial charge on any atom is -0.467 e. The molecule has 1 aromatic carbocycles. The summed E-state index contributed by atoms with van der Waals surface area (Å²) in [5.74, 6) is -1.72. The molecule has 3 unspecified atom stereocenters. The molecule has 3 rings (SSSR count). The van der Waals surface area contributed by atoms with Crippen molar-refractivity contribution in [2.75, 3.05) is 13.7 Å². The molecule has 150 valence electrons. The molecule has 1 spiro atoms. The molecule has 1 aliphatic heterocycles. The summed E-state index contributed by atoms with van der Waals surface area (Å²) in [5.41, 5.74) is 0.695. The standard InChI is InChI=1S/C20H25N3O5/c1-4-12(2)16(17(25)28-3)21-15(24)11-23-18(26)20(22-19(23)27)10-9-13-7-5-6-8-14(13)20/h5-8,12,16H,4,9-11H2,1-3H3,(H,21,24)(H,22,27). The Hall–Kier alpha value is -2.90. The number of methoxy groups -OCH3 is 1. The van der Waals surface area contributed by atoms with Crippen molar-refractivity contribution in [3.05, 3.63) is 35.4 Å². The van der Waals surface area contributed by atoms with Gasteiger partial charge in [-0.05, 0) is 29.9 Å². The van der Waals surface area contributed by atoms with E-state index in [0.717, 1.165) is 16.0 Å². The number of rotatable bonds is 6. The van der Waals surface area contributed by atoms with Crippen molar-refractivity contribution in [3.8, 4) is 0 Å². The lowest BCUT2D eigenvalue weighted by atomic mass is 9.92. The highest BCUT2D eigenvalue weighted by Gasteiger charge is 2.55. The number of urea groups is 1. The lowest BCUT2D eigenvalue weighted by Crippen LogP contribution is -2.50. The molecular formula is C20H25N3O5. The van der Waals surface area contributed by atoms with E-state index in [0.29, 0.717) is 19.3 Å². The molecule has 3 atom stereocenters. The molecule has 1 aliphatic carbocycles. The molecule has 1 fully saturated rings. The lowest BCUT2D eigenvalue weighted by Gasteiger charge is -2.24. The number of fused-ring (bicyclic) bond motifs is 2. The number of aryl methyl sites for hydroxylation is 1. The maximum atomic E-state index is 13.1. The van der Waals surface area contributed by atoms with Gasteiger partial charge in [-0.1, -0.05) is 44.5 Å². The van der Waals surface area contributed by atoms with E-state index in [-0.39, 0.29) is 5.92 Å². The maximum absolute atomic E-state index is 13.1. The number of esters is 1. The van der Waals surface area contributed by atoms with E-state index < -0.39 is 41.9 Å². The highest BCUT2D eigenvalue weighted by Crippen LogP contribution is 2.41. The topological polar surface area (TPSA) is 105 Å². The molecule has 0 bridgehead atoms. The Morgan fingerprint density at radius 2 is 2.04 bits per heavy atom. The van der Waals surface area contributed by atoms with E-state index in [9.17, 15) is 19.2 Å². The second-order valence-electron chi connectivity index (χ2n) is 7.34. The van der Waals surface area contributed by atoms with E-state index in [1.54, 1.807) is 0 Å². The van der Waals surface area contributed by atoms with E-state index in [2.05, 4.69) is 10.6 Å². The molecule has 8 heteroatoms. The molecule has 1 saturated heterocycles. The number of carbonyl (C=O) groups excluding carboxylic acids is 4. The van der Waals surface area contributed by atoms with Crippen LogP contribution in [0.25, 0.3) is 0 Å². The van der Waals surface area contributed by atoms with Crippen LogP contribution in [0.4, 0.5) is 4.79 Å². The van der Waals surface area contributed by atoms with Crippen LogP contribution in [0.2, 0.25) is 0 Å². The molecule has 0 aromatic heterocycles. The van der Waals surface area contributed by atoms with Crippen molar-refractivity contribution in [2.45, 2.75) is 44.7 Å². The molecule has 1 heterocycles.